The molecule has 98 valence electrons. The van der Waals surface area contributed by atoms with Gasteiger partial charge in [-0.2, -0.15) is 0 Å². The van der Waals surface area contributed by atoms with E-state index in [0.29, 0.717) is 19.8 Å². The largest absolute Gasteiger partial charge is 0.537 e. The number of hydrogen-bond donors (Lipinski definition) is 1. The summed E-state index contributed by atoms with van der Waals surface area (Å²) >= 11 is 0. The first-order chi connectivity index (χ1) is 8.78. The van der Waals surface area contributed by atoms with Crippen molar-refractivity contribution in [3.8, 4) is 0 Å². The van der Waals surface area contributed by atoms with Crippen LogP contribution in [0.3, 0.4) is 0 Å². The second kappa shape index (κ2) is 4.98. The molecule has 0 spiro atoms. The van der Waals surface area contributed by atoms with Gasteiger partial charge in [0, 0.05) is 30.5 Å². The van der Waals surface area contributed by atoms with Gasteiger partial charge in [-0.25, -0.2) is 0 Å². The lowest BCUT2D eigenvalue weighted by atomic mass is 10.3. The van der Waals surface area contributed by atoms with E-state index in [0.717, 1.165) is 30.5 Å². The minimum absolute atomic E-state index is 0.654. The molecule has 3 aliphatic heterocycles. The molecule has 1 aromatic rings. The average Bonchev–Trinajstić information content (AvgIpc) is 2.26. The molecule has 3 aliphatic rings. The minimum Gasteiger partial charge on any atom is -0.399 e. The van der Waals surface area contributed by atoms with E-state index in [1.54, 1.807) is 0 Å². The highest BCUT2D eigenvalue weighted by Crippen LogP contribution is 2.17. The third-order valence-electron chi connectivity index (χ3n) is 3.34. The molecule has 0 radical (unpaired) electrons. The molecule has 0 aliphatic carbocycles. The Kier molecular flexibility index (Phi) is 3.36. The van der Waals surface area contributed by atoms with Gasteiger partial charge in [0.05, 0.1) is 19.8 Å². The van der Waals surface area contributed by atoms with Crippen molar-refractivity contribution < 1.29 is 13.3 Å². The molecule has 3 heterocycles. The SMILES string of the molecule is Nc1cccc([Si]23OCCN(CCO2)CCO3)c1. The zero-order chi connectivity index (χ0) is 12.4. The Morgan fingerprint density at radius 1 is 1.00 bits per heavy atom. The van der Waals surface area contributed by atoms with E-state index in [2.05, 4.69) is 4.90 Å². The van der Waals surface area contributed by atoms with Crippen molar-refractivity contribution in [2.24, 2.45) is 0 Å². The lowest BCUT2D eigenvalue weighted by molar-refractivity contribution is 0.00141. The summed E-state index contributed by atoms with van der Waals surface area (Å²) in [6.45, 7) is 4.81. The van der Waals surface area contributed by atoms with Crippen LogP contribution >= 0.6 is 0 Å². The fraction of sp³-hybridized carbons (Fsp3) is 0.500. The van der Waals surface area contributed by atoms with Crippen molar-refractivity contribution in [3.05, 3.63) is 24.3 Å². The molecule has 6 heteroatoms. The normalized spacial score (nSPS) is 32.6. The van der Waals surface area contributed by atoms with Gasteiger partial charge in [-0.1, -0.05) is 12.1 Å². The smallest absolute Gasteiger partial charge is 0.399 e. The molecule has 0 amide bonds. The second-order valence-electron chi connectivity index (χ2n) is 4.57. The summed E-state index contributed by atoms with van der Waals surface area (Å²) < 4.78 is 17.9. The van der Waals surface area contributed by atoms with Gasteiger partial charge in [0.1, 0.15) is 0 Å². The fourth-order valence-electron chi connectivity index (χ4n) is 2.37. The summed E-state index contributed by atoms with van der Waals surface area (Å²) in [6.07, 6.45) is 0. The maximum Gasteiger partial charge on any atom is 0.537 e. The maximum absolute atomic E-state index is 5.98. The van der Waals surface area contributed by atoms with Crippen LogP contribution in [0.5, 0.6) is 0 Å². The third kappa shape index (κ3) is 2.30. The van der Waals surface area contributed by atoms with E-state index in [-0.39, 0.29) is 0 Å². The summed E-state index contributed by atoms with van der Waals surface area (Å²) in [4.78, 5) is 2.30. The molecular formula is C12H18N2O3Si. The molecule has 0 aromatic heterocycles. The average molecular weight is 266 g/mol. The number of hydrogen-bond acceptors (Lipinski definition) is 5. The van der Waals surface area contributed by atoms with Crippen molar-refractivity contribution >= 4 is 19.7 Å². The van der Waals surface area contributed by atoms with Gasteiger partial charge in [0.2, 0.25) is 0 Å². The Morgan fingerprint density at radius 3 is 2.17 bits per heavy atom. The summed E-state index contributed by atoms with van der Waals surface area (Å²) in [7, 11) is -2.74. The Labute approximate surface area is 108 Å². The molecule has 5 nitrogen and oxygen atoms in total. The minimum atomic E-state index is -2.74. The second-order valence-corrected chi connectivity index (χ2v) is 7.12. The number of fused-ring (bicyclic) bond motifs is 6. The number of rotatable bonds is 1. The van der Waals surface area contributed by atoms with Crippen molar-refractivity contribution in [3.63, 3.8) is 0 Å². The van der Waals surface area contributed by atoms with Crippen LogP contribution in [-0.2, 0) is 13.3 Å². The molecule has 3 saturated heterocycles. The first-order valence-corrected chi connectivity index (χ1v) is 8.01. The Bertz CT molecular complexity index is 403. The van der Waals surface area contributed by atoms with Crippen LogP contribution in [0.4, 0.5) is 5.69 Å². The van der Waals surface area contributed by atoms with Crippen LogP contribution < -0.4 is 10.9 Å². The van der Waals surface area contributed by atoms with E-state index < -0.39 is 8.80 Å². The van der Waals surface area contributed by atoms with Gasteiger partial charge in [0.25, 0.3) is 0 Å². The highest BCUT2D eigenvalue weighted by atomic mass is 28.4. The zero-order valence-corrected chi connectivity index (χ0v) is 11.3. The first-order valence-electron chi connectivity index (χ1n) is 6.29. The molecule has 18 heavy (non-hydrogen) atoms. The highest BCUT2D eigenvalue weighted by molar-refractivity contribution is 6.75. The molecular weight excluding hydrogens is 248 g/mol. The Morgan fingerprint density at radius 2 is 1.61 bits per heavy atom. The van der Waals surface area contributed by atoms with Crippen molar-refractivity contribution in [1.29, 1.82) is 0 Å². The maximum atomic E-state index is 5.98. The van der Waals surface area contributed by atoms with Crippen LogP contribution in [0.15, 0.2) is 24.3 Å². The number of nitrogens with two attached hydrogens (primary N) is 1. The molecule has 4 rings (SSSR count). The monoisotopic (exact) mass is 266 g/mol. The fourth-order valence-corrected chi connectivity index (χ4v) is 4.84. The van der Waals surface area contributed by atoms with Crippen LogP contribution in [-0.4, -0.2) is 53.2 Å². The van der Waals surface area contributed by atoms with E-state index in [9.17, 15) is 0 Å². The molecule has 0 atom stereocenters. The number of anilines is 1. The summed E-state index contributed by atoms with van der Waals surface area (Å²) in [6, 6.07) is 7.69. The third-order valence-corrected chi connectivity index (χ3v) is 6.11. The summed E-state index contributed by atoms with van der Waals surface area (Å²) in [5.41, 5.74) is 6.57. The van der Waals surface area contributed by atoms with Gasteiger partial charge in [-0.05, 0) is 12.1 Å². The highest BCUT2D eigenvalue weighted by Gasteiger charge is 2.46. The number of benzene rings is 1. The van der Waals surface area contributed by atoms with Crippen LogP contribution in [0, 0.1) is 0 Å². The first kappa shape index (κ1) is 12.1. The lowest BCUT2D eigenvalue weighted by Gasteiger charge is -2.38. The van der Waals surface area contributed by atoms with Gasteiger partial charge in [-0.3, -0.25) is 4.90 Å². The van der Waals surface area contributed by atoms with Crippen molar-refractivity contribution in [2.45, 2.75) is 0 Å². The van der Waals surface area contributed by atoms with Gasteiger partial charge in [-0.15, -0.1) is 0 Å². The van der Waals surface area contributed by atoms with E-state index >= 15 is 0 Å². The topological polar surface area (TPSA) is 57.0 Å². The predicted molar refractivity (Wildman–Crippen MR) is 70.5 cm³/mol. The van der Waals surface area contributed by atoms with Gasteiger partial charge >= 0.3 is 8.80 Å². The molecule has 0 unspecified atom stereocenters. The van der Waals surface area contributed by atoms with E-state index in [1.165, 1.54) is 0 Å². The van der Waals surface area contributed by atoms with Gasteiger partial charge < -0.3 is 19.0 Å². The van der Waals surface area contributed by atoms with Crippen LogP contribution in [0.2, 0.25) is 0 Å². The Hall–Kier alpha value is -0.923. The van der Waals surface area contributed by atoms with Crippen molar-refractivity contribution in [1.82, 2.24) is 4.90 Å². The van der Waals surface area contributed by atoms with E-state index in [1.807, 2.05) is 24.3 Å². The molecule has 2 bridgehead atoms. The molecule has 0 saturated carbocycles. The number of nitrogens with zero attached hydrogens (tertiary/aromatic N) is 1. The number of nitrogen functional groups attached to an aromatic ring is 1. The predicted octanol–water partition coefficient (Wildman–Crippen LogP) is -0.206. The summed E-state index contributed by atoms with van der Waals surface area (Å²) in [5.74, 6) is 0. The van der Waals surface area contributed by atoms with Crippen molar-refractivity contribution in [2.75, 3.05) is 45.2 Å². The van der Waals surface area contributed by atoms with Crippen LogP contribution in [0.1, 0.15) is 0 Å². The molecule has 3 fully saturated rings. The standard InChI is InChI=1S/C12H18N2O3Si/c13-11-2-1-3-12(10-11)18-15-7-4-14(5-8-16-18)6-9-17-18/h1-3,10H,4-9,13H2. The quantitative estimate of drug-likeness (QED) is 0.563. The zero-order valence-electron chi connectivity index (χ0n) is 10.3. The molecule has 2 N–H and O–H groups in total. The lowest BCUT2D eigenvalue weighted by Crippen LogP contribution is -2.62. The van der Waals surface area contributed by atoms with Gasteiger partial charge in [0.15, 0.2) is 0 Å². The summed E-state index contributed by atoms with van der Waals surface area (Å²) in [5, 5.41) is 0.970. The van der Waals surface area contributed by atoms with Crippen LogP contribution in [0.25, 0.3) is 0 Å². The Balaban J connectivity index is 1.94. The molecule has 1 aromatic carbocycles. The van der Waals surface area contributed by atoms with E-state index in [4.69, 9.17) is 19.0 Å².